The minimum Gasteiger partial charge on any atom is -0.450 e. The van der Waals surface area contributed by atoms with Crippen LogP contribution >= 0.6 is 11.6 Å². The number of pyridine rings is 1. The first-order valence-electron chi connectivity index (χ1n) is 11.3. The van der Waals surface area contributed by atoms with Gasteiger partial charge in [-0.2, -0.15) is 10.1 Å². The standard InChI is InChI=1S/C23H24ClN9O2/c1-23(2)17(29-12-4-5-14(12)35-23)8-18(25)30-22-31-21-20(32(22)3)19(24)16(10-27-21)34-15-11-28-33-7-6-26-9-13(15)33/h6-12,14,29H,4-5H2,1-3H3,(H2,25,27,30,31)/b17-8-/t12?,14-/m1/s1. The second kappa shape index (κ2) is 7.92. The van der Waals surface area contributed by atoms with Crippen LogP contribution in [-0.4, -0.2) is 52.7 Å². The lowest BCUT2D eigenvalue weighted by Crippen LogP contribution is -2.60. The first kappa shape index (κ1) is 21.8. The van der Waals surface area contributed by atoms with E-state index in [0.29, 0.717) is 45.2 Å². The highest BCUT2D eigenvalue weighted by atomic mass is 35.5. The molecule has 12 heteroatoms. The Morgan fingerprint density at radius 2 is 2.17 bits per heavy atom. The van der Waals surface area contributed by atoms with E-state index in [2.05, 4.69) is 30.7 Å². The number of hydrogen-bond donors (Lipinski definition) is 3. The van der Waals surface area contributed by atoms with Gasteiger partial charge in [-0.25, -0.2) is 9.50 Å². The Hall–Kier alpha value is -3.70. The van der Waals surface area contributed by atoms with Gasteiger partial charge >= 0.3 is 0 Å². The summed E-state index contributed by atoms with van der Waals surface area (Å²) in [5, 5.41) is 19.7. The van der Waals surface area contributed by atoms with E-state index >= 15 is 0 Å². The highest BCUT2D eigenvalue weighted by Gasteiger charge is 2.43. The molecule has 4 aromatic rings. The Labute approximate surface area is 205 Å². The lowest BCUT2D eigenvalue weighted by molar-refractivity contribution is -0.128. The molecule has 4 aromatic heterocycles. The van der Waals surface area contributed by atoms with Crippen LogP contribution in [0.5, 0.6) is 11.5 Å². The van der Waals surface area contributed by atoms with E-state index in [1.807, 2.05) is 13.8 Å². The van der Waals surface area contributed by atoms with Gasteiger partial charge in [0.2, 0.25) is 5.95 Å². The Balaban J connectivity index is 1.27. The third-order valence-corrected chi connectivity index (χ3v) is 6.86. The number of ether oxygens (including phenoxy) is 2. The van der Waals surface area contributed by atoms with E-state index in [0.717, 1.165) is 18.5 Å². The summed E-state index contributed by atoms with van der Waals surface area (Å²) in [7, 11) is 1.81. The van der Waals surface area contributed by atoms with Crippen molar-refractivity contribution in [1.82, 2.24) is 34.4 Å². The van der Waals surface area contributed by atoms with Crippen LogP contribution in [0.4, 0.5) is 5.95 Å². The maximum Gasteiger partial charge on any atom is 0.210 e. The zero-order valence-electron chi connectivity index (χ0n) is 19.4. The van der Waals surface area contributed by atoms with Crippen molar-refractivity contribution < 1.29 is 9.47 Å². The summed E-state index contributed by atoms with van der Waals surface area (Å²) in [6.07, 6.45) is 12.3. The van der Waals surface area contributed by atoms with Crippen molar-refractivity contribution in [3.63, 3.8) is 0 Å². The van der Waals surface area contributed by atoms with Gasteiger partial charge in [-0.05, 0) is 26.7 Å². The molecule has 1 aliphatic heterocycles. The predicted molar refractivity (Wildman–Crippen MR) is 131 cm³/mol. The molecule has 180 valence electrons. The number of imidazole rings is 1. The number of nitrogens with one attached hydrogen (secondary N) is 3. The maximum absolute atomic E-state index is 8.52. The van der Waals surface area contributed by atoms with E-state index in [4.69, 9.17) is 26.5 Å². The lowest BCUT2D eigenvalue weighted by Gasteiger charge is -2.49. The highest BCUT2D eigenvalue weighted by molar-refractivity contribution is 6.36. The van der Waals surface area contributed by atoms with Gasteiger partial charge in [0.1, 0.15) is 27.5 Å². The van der Waals surface area contributed by atoms with E-state index in [9.17, 15) is 0 Å². The number of nitrogens with zero attached hydrogens (tertiary/aromatic N) is 6. The predicted octanol–water partition coefficient (Wildman–Crippen LogP) is 3.66. The van der Waals surface area contributed by atoms with Gasteiger partial charge in [-0.1, -0.05) is 11.6 Å². The third kappa shape index (κ3) is 3.67. The third-order valence-electron chi connectivity index (χ3n) is 6.50. The van der Waals surface area contributed by atoms with E-state index in [1.165, 1.54) is 6.20 Å². The van der Waals surface area contributed by atoms with E-state index < -0.39 is 5.60 Å². The average Bonchev–Trinajstić information content (AvgIpc) is 3.36. The number of fused-ring (bicyclic) bond motifs is 3. The molecule has 1 unspecified atom stereocenters. The van der Waals surface area contributed by atoms with Crippen LogP contribution in [-0.2, 0) is 11.8 Å². The van der Waals surface area contributed by atoms with Crippen molar-refractivity contribution in [2.75, 3.05) is 5.32 Å². The van der Waals surface area contributed by atoms with Crippen molar-refractivity contribution in [1.29, 1.82) is 5.41 Å². The van der Waals surface area contributed by atoms with Crippen LogP contribution in [0.25, 0.3) is 16.7 Å². The van der Waals surface area contributed by atoms with Crippen molar-refractivity contribution in [3.8, 4) is 11.5 Å². The number of anilines is 1. The normalized spacial score (nSPS) is 22.0. The molecule has 0 amide bonds. The Bertz CT molecular complexity index is 1510. The number of halogens is 1. The van der Waals surface area contributed by atoms with E-state index in [-0.39, 0.29) is 11.9 Å². The molecule has 35 heavy (non-hydrogen) atoms. The monoisotopic (exact) mass is 493 g/mol. The Kier molecular flexibility index (Phi) is 4.94. The summed E-state index contributed by atoms with van der Waals surface area (Å²) < 4.78 is 15.6. The summed E-state index contributed by atoms with van der Waals surface area (Å²) in [6.45, 7) is 4.02. The molecule has 3 N–H and O–H groups in total. The highest BCUT2D eigenvalue weighted by Crippen LogP contribution is 2.38. The van der Waals surface area contributed by atoms with Crippen LogP contribution in [0, 0.1) is 5.41 Å². The number of amidine groups is 1. The molecule has 2 aliphatic rings. The molecule has 5 heterocycles. The fraction of sp³-hybridized carbons (Fsp3) is 0.348. The average molecular weight is 494 g/mol. The topological polar surface area (TPSA) is 127 Å². The number of morpholine rings is 1. The molecule has 0 radical (unpaired) electrons. The van der Waals surface area contributed by atoms with Gasteiger partial charge < -0.3 is 24.7 Å². The first-order chi connectivity index (χ1) is 16.8. The molecule has 0 spiro atoms. The molecule has 1 aliphatic carbocycles. The largest absolute Gasteiger partial charge is 0.450 e. The number of hydrogen-bond acceptors (Lipinski definition) is 8. The quantitative estimate of drug-likeness (QED) is 0.290. The van der Waals surface area contributed by atoms with Crippen LogP contribution in [0.1, 0.15) is 26.7 Å². The Morgan fingerprint density at radius 1 is 1.31 bits per heavy atom. The van der Waals surface area contributed by atoms with Crippen LogP contribution < -0.4 is 15.4 Å². The zero-order valence-corrected chi connectivity index (χ0v) is 20.2. The molecule has 6 rings (SSSR count). The van der Waals surface area contributed by atoms with Crippen molar-refractivity contribution in [2.45, 2.75) is 44.4 Å². The molecule has 2 fully saturated rings. The molecule has 1 saturated carbocycles. The smallest absolute Gasteiger partial charge is 0.210 e. The van der Waals surface area contributed by atoms with Crippen molar-refractivity contribution in [3.05, 3.63) is 47.8 Å². The minimum atomic E-state index is -0.493. The molecular formula is C23H24ClN9O2. The Morgan fingerprint density at radius 3 is 2.97 bits per heavy atom. The molecule has 2 atom stereocenters. The van der Waals surface area contributed by atoms with Gasteiger partial charge in [-0.3, -0.25) is 10.4 Å². The number of aromatic nitrogens is 6. The molecular weight excluding hydrogens is 470 g/mol. The number of aryl methyl sites for hydroxylation is 1. The molecule has 0 bridgehead atoms. The van der Waals surface area contributed by atoms with E-state index in [1.54, 1.807) is 47.0 Å². The van der Waals surface area contributed by atoms with Gasteiger partial charge in [0.05, 0.1) is 30.7 Å². The molecule has 0 aromatic carbocycles. The SMILES string of the molecule is Cn1c(NC(=N)/C=C2\NC3CC[C@H]3OC2(C)C)nc2ncc(Oc3cnn4ccncc34)c(Cl)c21. The minimum absolute atomic E-state index is 0.173. The molecule has 11 nitrogen and oxygen atoms in total. The van der Waals surface area contributed by atoms with Crippen molar-refractivity contribution in [2.24, 2.45) is 7.05 Å². The van der Waals surface area contributed by atoms with Crippen LogP contribution in [0.2, 0.25) is 5.02 Å². The zero-order chi connectivity index (χ0) is 24.3. The summed E-state index contributed by atoms with van der Waals surface area (Å²) in [6, 6.07) is 0.309. The number of rotatable bonds is 4. The summed E-state index contributed by atoms with van der Waals surface area (Å²) in [4.78, 5) is 13.1. The van der Waals surface area contributed by atoms with Crippen LogP contribution in [0.15, 0.2) is 42.8 Å². The second-order valence-electron chi connectivity index (χ2n) is 9.21. The fourth-order valence-electron chi connectivity index (χ4n) is 4.41. The summed E-state index contributed by atoms with van der Waals surface area (Å²) in [5.74, 6) is 1.48. The second-order valence-corrected chi connectivity index (χ2v) is 9.59. The van der Waals surface area contributed by atoms with Crippen LogP contribution in [0.3, 0.4) is 0 Å². The van der Waals surface area contributed by atoms with Gasteiger partial charge in [0.25, 0.3) is 0 Å². The van der Waals surface area contributed by atoms with Gasteiger partial charge in [-0.15, -0.1) is 0 Å². The van der Waals surface area contributed by atoms with Gasteiger partial charge in [0, 0.05) is 31.2 Å². The fourth-order valence-corrected chi connectivity index (χ4v) is 4.71. The molecule has 1 saturated heterocycles. The van der Waals surface area contributed by atoms with Gasteiger partial charge in [0.15, 0.2) is 17.1 Å². The summed E-state index contributed by atoms with van der Waals surface area (Å²) >= 11 is 6.71. The van der Waals surface area contributed by atoms with Crippen molar-refractivity contribution >= 4 is 40.1 Å². The first-order valence-corrected chi connectivity index (χ1v) is 11.7. The maximum atomic E-state index is 8.52. The summed E-state index contributed by atoms with van der Waals surface area (Å²) in [5.41, 5.74) is 2.09. The lowest BCUT2D eigenvalue weighted by atomic mass is 9.84.